The largest absolute Gasteiger partial charge is 0.380 e. The quantitative estimate of drug-likeness (QED) is 0.860. The molecule has 4 heteroatoms. The van der Waals surface area contributed by atoms with Gasteiger partial charge < -0.3 is 10.5 Å². The van der Waals surface area contributed by atoms with Crippen molar-refractivity contribution >= 4 is 0 Å². The third-order valence-electron chi connectivity index (χ3n) is 2.16. The number of nitrogens with two attached hydrogens (primary N) is 1. The molecule has 1 rings (SSSR count). The summed E-state index contributed by atoms with van der Waals surface area (Å²) in [6, 6.07) is 2.36. The molecule has 0 heterocycles. The molecular formula is C12H17F2NO. The minimum Gasteiger partial charge on any atom is -0.380 e. The minimum atomic E-state index is -0.559. The molecule has 0 unspecified atom stereocenters. The van der Waals surface area contributed by atoms with E-state index in [2.05, 4.69) is 0 Å². The van der Waals surface area contributed by atoms with Crippen LogP contribution in [0.2, 0.25) is 0 Å². The van der Waals surface area contributed by atoms with E-state index in [0.717, 1.165) is 0 Å². The van der Waals surface area contributed by atoms with Gasteiger partial charge in [0.15, 0.2) is 0 Å². The normalized spacial score (nSPS) is 11.9. The van der Waals surface area contributed by atoms with Crippen LogP contribution < -0.4 is 5.73 Å². The second-order valence-corrected chi connectivity index (χ2v) is 4.63. The molecular weight excluding hydrogens is 212 g/mol. The predicted molar refractivity (Wildman–Crippen MR) is 59.0 cm³/mol. The Morgan fingerprint density at radius 1 is 1.19 bits per heavy atom. The first-order valence-electron chi connectivity index (χ1n) is 5.08. The van der Waals surface area contributed by atoms with Crippen molar-refractivity contribution in [3.05, 3.63) is 34.9 Å². The third kappa shape index (κ3) is 3.54. The highest BCUT2D eigenvalue weighted by atomic mass is 19.1. The maximum absolute atomic E-state index is 13.6. The van der Waals surface area contributed by atoms with Gasteiger partial charge in [-0.1, -0.05) is 0 Å². The van der Waals surface area contributed by atoms with Gasteiger partial charge in [-0.15, -0.1) is 0 Å². The second-order valence-electron chi connectivity index (χ2n) is 4.63. The van der Waals surface area contributed by atoms with Crippen LogP contribution in [0.1, 0.15) is 25.0 Å². The molecule has 16 heavy (non-hydrogen) atoms. The summed E-state index contributed by atoms with van der Waals surface area (Å²) in [6.07, 6.45) is 0.295. The Balaban J connectivity index is 3.01. The van der Waals surface area contributed by atoms with Gasteiger partial charge in [-0.2, -0.15) is 0 Å². The molecule has 0 atom stereocenters. The smallest absolute Gasteiger partial charge is 0.129 e. The number of hydrogen-bond acceptors (Lipinski definition) is 2. The van der Waals surface area contributed by atoms with Crippen molar-refractivity contribution < 1.29 is 13.5 Å². The van der Waals surface area contributed by atoms with E-state index in [9.17, 15) is 8.78 Å². The van der Waals surface area contributed by atoms with Crippen LogP contribution in [0.4, 0.5) is 8.78 Å². The highest BCUT2D eigenvalue weighted by Gasteiger charge is 2.17. The van der Waals surface area contributed by atoms with E-state index in [0.29, 0.717) is 12.0 Å². The van der Waals surface area contributed by atoms with Gasteiger partial charge in [0.1, 0.15) is 11.6 Å². The van der Waals surface area contributed by atoms with Crippen molar-refractivity contribution in [3.63, 3.8) is 0 Å². The summed E-state index contributed by atoms with van der Waals surface area (Å²) >= 11 is 0. The SMILES string of the molecule is COCc1cc(F)c(CC(C)(C)N)cc1F. The fourth-order valence-electron chi connectivity index (χ4n) is 1.52. The van der Waals surface area contributed by atoms with E-state index in [1.54, 1.807) is 13.8 Å². The lowest BCUT2D eigenvalue weighted by Crippen LogP contribution is -2.34. The Morgan fingerprint density at radius 3 is 2.19 bits per heavy atom. The van der Waals surface area contributed by atoms with E-state index in [4.69, 9.17) is 10.5 Å². The Morgan fingerprint density at radius 2 is 1.69 bits per heavy atom. The van der Waals surface area contributed by atoms with Gasteiger partial charge in [-0.3, -0.25) is 0 Å². The van der Waals surface area contributed by atoms with Gasteiger partial charge in [0.25, 0.3) is 0 Å². The molecule has 0 aliphatic rings. The molecule has 2 nitrogen and oxygen atoms in total. The van der Waals surface area contributed by atoms with Gasteiger partial charge >= 0.3 is 0 Å². The van der Waals surface area contributed by atoms with Gasteiger partial charge in [0, 0.05) is 18.2 Å². The molecule has 0 spiro atoms. The molecule has 0 radical (unpaired) electrons. The van der Waals surface area contributed by atoms with E-state index in [1.165, 1.54) is 19.2 Å². The monoisotopic (exact) mass is 229 g/mol. The number of benzene rings is 1. The standard InChI is InChI=1S/C12H17F2NO/c1-12(2,15)6-8-4-11(14)9(7-16-3)5-10(8)13/h4-5H,6-7,15H2,1-3H3. The van der Waals surface area contributed by atoms with E-state index >= 15 is 0 Å². The van der Waals surface area contributed by atoms with Crippen LogP contribution in [0.25, 0.3) is 0 Å². The maximum atomic E-state index is 13.6. The summed E-state index contributed by atoms with van der Waals surface area (Å²) in [4.78, 5) is 0. The molecule has 2 N–H and O–H groups in total. The van der Waals surface area contributed by atoms with E-state index in [-0.39, 0.29) is 12.2 Å². The highest BCUT2D eigenvalue weighted by Crippen LogP contribution is 2.19. The topological polar surface area (TPSA) is 35.2 Å². The first-order valence-corrected chi connectivity index (χ1v) is 5.08. The summed E-state index contributed by atoms with van der Waals surface area (Å²) in [7, 11) is 1.44. The summed E-state index contributed by atoms with van der Waals surface area (Å²) in [6.45, 7) is 3.61. The van der Waals surface area contributed by atoms with Crippen molar-refractivity contribution in [2.75, 3.05) is 7.11 Å². The molecule has 1 aromatic rings. The molecule has 1 aromatic carbocycles. The molecule has 0 aromatic heterocycles. The summed E-state index contributed by atoms with van der Waals surface area (Å²) in [5.74, 6) is -0.894. The number of hydrogen-bond donors (Lipinski definition) is 1. The Labute approximate surface area is 94.4 Å². The molecule has 0 bridgehead atoms. The van der Waals surface area contributed by atoms with Crippen LogP contribution in [0.15, 0.2) is 12.1 Å². The van der Waals surface area contributed by atoms with Crippen LogP contribution in [-0.4, -0.2) is 12.6 Å². The van der Waals surface area contributed by atoms with Crippen molar-refractivity contribution in [2.45, 2.75) is 32.4 Å². The lowest BCUT2D eigenvalue weighted by Gasteiger charge is -2.19. The second kappa shape index (κ2) is 4.89. The highest BCUT2D eigenvalue weighted by molar-refractivity contribution is 5.27. The van der Waals surface area contributed by atoms with Crippen molar-refractivity contribution in [2.24, 2.45) is 5.73 Å². The first-order chi connectivity index (χ1) is 7.33. The molecule has 0 fully saturated rings. The zero-order chi connectivity index (χ0) is 12.3. The Hall–Kier alpha value is -1.00. The molecule has 0 saturated carbocycles. The lowest BCUT2D eigenvalue weighted by atomic mass is 9.95. The van der Waals surface area contributed by atoms with Crippen molar-refractivity contribution in [3.8, 4) is 0 Å². The van der Waals surface area contributed by atoms with Gasteiger partial charge in [-0.05, 0) is 38.0 Å². The van der Waals surface area contributed by atoms with E-state index in [1.807, 2.05) is 0 Å². The van der Waals surface area contributed by atoms with Gasteiger partial charge in [0.2, 0.25) is 0 Å². The zero-order valence-electron chi connectivity index (χ0n) is 9.81. The van der Waals surface area contributed by atoms with E-state index < -0.39 is 17.2 Å². The summed E-state index contributed by atoms with van der Waals surface area (Å²) in [5, 5.41) is 0. The average Bonchev–Trinajstić information content (AvgIpc) is 2.11. The third-order valence-corrected chi connectivity index (χ3v) is 2.16. The minimum absolute atomic E-state index is 0.0645. The average molecular weight is 229 g/mol. The number of methoxy groups -OCH3 is 1. The van der Waals surface area contributed by atoms with Gasteiger partial charge in [0.05, 0.1) is 6.61 Å². The van der Waals surface area contributed by atoms with Crippen LogP contribution >= 0.6 is 0 Å². The zero-order valence-corrected chi connectivity index (χ0v) is 9.81. The molecule has 0 aliphatic carbocycles. The van der Waals surface area contributed by atoms with Gasteiger partial charge in [-0.25, -0.2) is 8.78 Å². The number of ether oxygens (including phenoxy) is 1. The number of halogens is 2. The molecule has 90 valence electrons. The van der Waals surface area contributed by atoms with Crippen LogP contribution in [0.3, 0.4) is 0 Å². The fourth-order valence-corrected chi connectivity index (χ4v) is 1.52. The van der Waals surface area contributed by atoms with Crippen LogP contribution in [-0.2, 0) is 17.8 Å². The fraction of sp³-hybridized carbons (Fsp3) is 0.500. The lowest BCUT2D eigenvalue weighted by molar-refractivity contribution is 0.181. The molecule has 0 aliphatic heterocycles. The van der Waals surface area contributed by atoms with Crippen LogP contribution in [0, 0.1) is 11.6 Å². The summed E-state index contributed by atoms with van der Waals surface area (Å²) < 4.78 is 31.9. The maximum Gasteiger partial charge on any atom is 0.129 e. The molecule has 0 amide bonds. The molecule has 0 saturated heterocycles. The Bertz CT molecular complexity index is 372. The first kappa shape index (κ1) is 13.1. The van der Waals surface area contributed by atoms with Crippen LogP contribution in [0.5, 0.6) is 0 Å². The Kier molecular flexibility index (Phi) is 3.99. The number of rotatable bonds is 4. The summed E-state index contributed by atoms with van der Waals surface area (Å²) in [5.41, 5.74) is 5.73. The van der Waals surface area contributed by atoms with Crippen molar-refractivity contribution in [1.82, 2.24) is 0 Å². The predicted octanol–water partition coefficient (Wildman–Crippen LogP) is 2.39. The van der Waals surface area contributed by atoms with Crippen molar-refractivity contribution in [1.29, 1.82) is 0 Å².